The van der Waals surface area contributed by atoms with Gasteiger partial charge in [-0.2, -0.15) is 0 Å². The van der Waals surface area contributed by atoms with Crippen LogP contribution >= 0.6 is 11.8 Å². The number of hydrogen-bond donors (Lipinski definition) is 1. The highest BCUT2D eigenvalue weighted by Gasteiger charge is 1.98. The first-order valence-corrected chi connectivity index (χ1v) is 5.27. The van der Waals surface area contributed by atoms with Crippen LogP contribution in [0.2, 0.25) is 0 Å². The standard InChI is InChI=1S/C10H14N2S/c1-2-3-4-8-13-10-9(11)6-5-7-12-10/h2,5-7H,1,3-4,8,11H2. The fourth-order valence-corrected chi connectivity index (χ4v) is 1.79. The van der Waals surface area contributed by atoms with Gasteiger partial charge in [0.2, 0.25) is 0 Å². The fourth-order valence-electron chi connectivity index (χ4n) is 0.920. The smallest absolute Gasteiger partial charge is 0.119 e. The Morgan fingerprint density at radius 2 is 2.46 bits per heavy atom. The zero-order valence-corrected chi connectivity index (χ0v) is 8.39. The zero-order valence-electron chi connectivity index (χ0n) is 7.57. The zero-order chi connectivity index (χ0) is 9.52. The van der Waals surface area contributed by atoms with E-state index in [1.165, 1.54) is 0 Å². The normalized spacial score (nSPS) is 9.85. The summed E-state index contributed by atoms with van der Waals surface area (Å²) < 4.78 is 0. The minimum absolute atomic E-state index is 0.770. The van der Waals surface area contributed by atoms with Crippen LogP contribution in [0, 0.1) is 0 Å². The first kappa shape index (κ1) is 10.1. The molecule has 0 unspecified atom stereocenters. The molecule has 0 amide bonds. The topological polar surface area (TPSA) is 38.9 Å². The Morgan fingerprint density at radius 3 is 3.15 bits per heavy atom. The van der Waals surface area contributed by atoms with Crippen molar-refractivity contribution in [3.63, 3.8) is 0 Å². The largest absolute Gasteiger partial charge is 0.397 e. The monoisotopic (exact) mass is 194 g/mol. The van der Waals surface area contributed by atoms with Crippen LogP contribution in [0.15, 0.2) is 36.0 Å². The van der Waals surface area contributed by atoms with Gasteiger partial charge in [-0.3, -0.25) is 0 Å². The summed E-state index contributed by atoms with van der Waals surface area (Å²) in [5, 5.41) is 0.937. The molecule has 0 bridgehead atoms. The molecule has 0 aliphatic rings. The summed E-state index contributed by atoms with van der Waals surface area (Å²) in [6, 6.07) is 3.73. The molecule has 70 valence electrons. The molecule has 3 heteroatoms. The number of rotatable bonds is 5. The third-order valence-corrected chi connectivity index (χ3v) is 2.70. The molecule has 1 rings (SSSR count). The molecule has 0 aromatic carbocycles. The van der Waals surface area contributed by atoms with Crippen molar-refractivity contribution in [1.29, 1.82) is 0 Å². The SMILES string of the molecule is C=CCCCSc1ncccc1N. The predicted octanol–water partition coefficient (Wildman–Crippen LogP) is 2.72. The number of nitrogen functional groups attached to an aromatic ring is 1. The van der Waals surface area contributed by atoms with E-state index in [2.05, 4.69) is 11.6 Å². The lowest BCUT2D eigenvalue weighted by Crippen LogP contribution is -1.91. The van der Waals surface area contributed by atoms with Crippen LogP contribution in [0.3, 0.4) is 0 Å². The second-order valence-corrected chi connectivity index (χ2v) is 3.76. The van der Waals surface area contributed by atoms with E-state index in [1.807, 2.05) is 18.2 Å². The molecule has 13 heavy (non-hydrogen) atoms. The van der Waals surface area contributed by atoms with E-state index >= 15 is 0 Å². The second-order valence-electron chi connectivity index (χ2n) is 2.68. The quantitative estimate of drug-likeness (QED) is 0.445. The lowest BCUT2D eigenvalue weighted by Gasteiger charge is -2.01. The molecule has 0 spiro atoms. The average molecular weight is 194 g/mol. The van der Waals surface area contributed by atoms with E-state index in [4.69, 9.17) is 5.73 Å². The third-order valence-electron chi connectivity index (χ3n) is 1.59. The molecule has 1 heterocycles. The summed E-state index contributed by atoms with van der Waals surface area (Å²) >= 11 is 1.70. The maximum Gasteiger partial charge on any atom is 0.119 e. The van der Waals surface area contributed by atoms with E-state index in [-0.39, 0.29) is 0 Å². The van der Waals surface area contributed by atoms with E-state index in [1.54, 1.807) is 18.0 Å². The Morgan fingerprint density at radius 1 is 1.62 bits per heavy atom. The van der Waals surface area contributed by atoms with Gasteiger partial charge in [0.15, 0.2) is 0 Å². The summed E-state index contributed by atoms with van der Waals surface area (Å²) in [7, 11) is 0. The van der Waals surface area contributed by atoms with Crippen molar-refractivity contribution >= 4 is 17.4 Å². The Labute approximate surface area is 83.2 Å². The molecule has 2 N–H and O–H groups in total. The molecule has 2 nitrogen and oxygen atoms in total. The summed E-state index contributed by atoms with van der Waals surface area (Å²) in [6.07, 6.45) is 5.89. The number of pyridine rings is 1. The highest BCUT2D eigenvalue weighted by Crippen LogP contribution is 2.22. The Kier molecular flexibility index (Phi) is 4.40. The van der Waals surface area contributed by atoms with Crippen LogP contribution in [-0.2, 0) is 0 Å². The van der Waals surface area contributed by atoms with E-state index in [0.29, 0.717) is 0 Å². The fraction of sp³-hybridized carbons (Fsp3) is 0.300. The first-order chi connectivity index (χ1) is 6.34. The van der Waals surface area contributed by atoms with Gasteiger partial charge in [0.1, 0.15) is 5.03 Å². The number of thioether (sulfide) groups is 1. The van der Waals surface area contributed by atoms with Crippen molar-refractivity contribution in [2.24, 2.45) is 0 Å². The van der Waals surface area contributed by atoms with Crippen LogP contribution in [0.5, 0.6) is 0 Å². The molecule has 1 aromatic heterocycles. The van der Waals surface area contributed by atoms with Gasteiger partial charge < -0.3 is 5.73 Å². The van der Waals surface area contributed by atoms with Gasteiger partial charge in [0, 0.05) is 6.20 Å². The molecule has 1 aromatic rings. The molecule has 0 saturated heterocycles. The molecular formula is C10H14N2S. The third kappa shape index (κ3) is 3.51. The highest BCUT2D eigenvalue weighted by molar-refractivity contribution is 7.99. The first-order valence-electron chi connectivity index (χ1n) is 4.29. The Bertz CT molecular complexity index is 273. The lowest BCUT2D eigenvalue weighted by molar-refractivity contribution is 0.970. The minimum Gasteiger partial charge on any atom is -0.397 e. The number of hydrogen-bond acceptors (Lipinski definition) is 3. The van der Waals surface area contributed by atoms with Crippen LogP contribution in [0.1, 0.15) is 12.8 Å². The molecule has 0 radical (unpaired) electrons. The number of unbranched alkanes of at least 4 members (excludes halogenated alkanes) is 1. The van der Waals surface area contributed by atoms with Gasteiger partial charge in [0.05, 0.1) is 5.69 Å². The van der Waals surface area contributed by atoms with Crippen molar-refractivity contribution in [3.8, 4) is 0 Å². The van der Waals surface area contributed by atoms with Gasteiger partial charge in [-0.05, 0) is 30.7 Å². The number of anilines is 1. The summed E-state index contributed by atoms with van der Waals surface area (Å²) in [5.41, 5.74) is 6.50. The molecule has 0 fully saturated rings. The molecule has 0 aliphatic carbocycles. The summed E-state index contributed by atoms with van der Waals surface area (Å²) in [5.74, 6) is 1.05. The van der Waals surface area contributed by atoms with Crippen molar-refractivity contribution in [1.82, 2.24) is 4.98 Å². The van der Waals surface area contributed by atoms with Gasteiger partial charge in [-0.25, -0.2) is 4.98 Å². The van der Waals surface area contributed by atoms with Crippen molar-refractivity contribution < 1.29 is 0 Å². The van der Waals surface area contributed by atoms with Gasteiger partial charge >= 0.3 is 0 Å². The molecule has 0 saturated carbocycles. The van der Waals surface area contributed by atoms with Crippen LogP contribution in [0.25, 0.3) is 0 Å². The van der Waals surface area contributed by atoms with Gasteiger partial charge in [0.25, 0.3) is 0 Å². The van der Waals surface area contributed by atoms with Crippen LogP contribution in [0.4, 0.5) is 5.69 Å². The Balaban J connectivity index is 2.36. The van der Waals surface area contributed by atoms with Crippen molar-refractivity contribution in [2.75, 3.05) is 11.5 Å². The van der Waals surface area contributed by atoms with Crippen molar-refractivity contribution in [3.05, 3.63) is 31.0 Å². The van der Waals surface area contributed by atoms with E-state index < -0.39 is 0 Å². The maximum absolute atomic E-state index is 5.73. The van der Waals surface area contributed by atoms with Crippen LogP contribution < -0.4 is 5.73 Å². The minimum atomic E-state index is 0.770. The molecule has 0 atom stereocenters. The number of allylic oxidation sites excluding steroid dienone is 1. The van der Waals surface area contributed by atoms with Crippen molar-refractivity contribution in [2.45, 2.75) is 17.9 Å². The Hall–Kier alpha value is -0.960. The second kappa shape index (κ2) is 5.65. The number of nitrogens with zero attached hydrogens (tertiary/aromatic N) is 1. The summed E-state index contributed by atoms with van der Waals surface area (Å²) in [4.78, 5) is 4.19. The molecule has 0 aliphatic heterocycles. The summed E-state index contributed by atoms with van der Waals surface area (Å²) in [6.45, 7) is 3.67. The maximum atomic E-state index is 5.73. The van der Waals surface area contributed by atoms with Gasteiger partial charge in [-0.15, -0.1) is 18.3 Å². The highest BCUT2D eigenvalue weighted by atomic mass is 32.2. The number of nitrogens with two attached hydrogens (primary N) is 1. The van der Waals surface area contributed by atoms with E-state index in [9.17, 15) is 0 Å². The lowest BCUT2D eigenvalue weighted by atomic mass is 10.3. The number of aromatic nitrogens is 1. The van der Waals surface area contributed by atoms with Gasteiger partial charge in [-0.1, -0.05) is 6.08 Å². The van der Waals surface area contributed by atoms with Crippen LogP contribution in [-0.4, -0.2) is 10.7 Å². The van der Waals surface area contributed by atoms with E-state index in [0.717, 1.165) is 29.3 Å². The average Bonchev–Trinajstić information content (AvgIpc) is 2.15. The predicted molar refractivity (Wildman–Crippen MR) is 58.8 cm³/mol. The molecular weight excluding hydrogens is 180 g/mol.